The molecule has 4 N–H and O–H groups in total. The van der Waals surface area contributed by atoms with Gasteiger partial charge >= 0.3 is 5.97 Å². The molecule has 0 spiro atoms. The van der Waals surface area contributed by atoms with E-state index in [0.717, 1.165) is 12.8 Å². The fraction of sp³-hybridized carbons (Fsp3) is 0.400. The van der Waals surface area contributed by atoms with Gasteiger partial charge in [-0.1, -0.05) is 0 Å². The molecule has 1 heterocycles. The van der Waals surface area contributed by atoms with Crippen molar-refractivity contribution in [3.63, 3.8) is 0 Å². The summed E-state index contributed by atoms with van der Waals surface area (Å²) in [5, 5.41) is 11.9. The molecule has 0 aliphatic heterocycles. The van der Waals surface area contributed by atoms with Crippen LogP contribution in [0.1, 0.15) is 30.3 Å². The molecule has 2 rings (SSSR count). The summed E-state index contributed by atoms with van der Waals surface area (Å²) >= 11 is 0. The number of nitrogens with one attached hydrogen (secondary N) is 1. The molecular weight excluding hydrogens is 194 g/mol. The number of anilines is 2. The fourth-order valence-corrected chi connectivity index (χ4v) is 1.29. The molecule has 0 saturated heterocycles. The predicted molar refractivity (Wildman–Crippen MR) is 56.9 cm³/mol. The molecule has 15 heavy (non-hydrogen) atoms. The molecule has 1 aromatic heterocycles. The Morgan fingerprint density at radius 1 is 1.60 bits per heavy atom. The Labute approximate surface area is 87.3 Å². The molecule has 5 nitrogen and oxygen atoms in total. The van der Waals surface area contributed by atoms with Gasteiger partial charge in [0.05, 0.1) is 5.69 Å². The third-order valence-electron chi connectivity index (χ3n) is 2.57. The summed E-state index contributed by atoms with van der Waals surface area (Å²) < 4.78 is 0. The molecule has 0 atom stereocenters. The summed E-state index contributed by atoms with van der Waals surface area (Å²) in [6.07, 6.45) is 2.12. The molecule has 5 heteroatoms. The molecule has 0 aromatic carbocycles. The Hall–Kier alpha value is -1.78. The summed E-state index contributed by atoms with van der Waals surface area (Å²) in [4.78, 5) is 14.7. The summed E-state index contributed by atoms with van der Waals surface area (Å²) in [6.45, 7) is 2.06. The highest BCUT2D eigenvalue weighted by molar-refractivity contribution is 5.86. The summed E-state index contributed by atoms with van der Waals surface area (Å²) in [5.41, 5.74) is 6.24. The normalized spacial score (nSPS) is 17.1. The Morgan fingerprint density at radius 2 is 2.27 bits per heavy atom. The second kappa shape index (κ2) is 3.12. The summed E-state index contributed by atoms with van der Waals surface area (Å²) in [6, 6.07) is 2.96. The van der Waals surface area contributed by atoms with Crippen LogP contribution in [0.15, 0.2) is 12.1 Å². The standard InChI is InChI=1S/C10H13N3O2/c1-10(4-5-10)13-8-6(11)2-3-7(12-8)9(14)15/h2-3H,4-5,11H2,1H3,(H,12,13)(H,14,15). The van der Waals surface area contributed by atoms with E-state index in [2.05, 4.69) is 17.2 Å². The van der Waals surface area contributed by atoms with Gasteiger partial charge < -0.3 is 16.2 Å². The number of nitrogens with zero attached hydrogens (tertiary/aromatic N) is 1. The van der Waals surface area contributed by atoms with Crippen LogP contribution in [0.4, 0.5) is 11.5 Å². The number of rotatable bonds is 3. The van der Waals surface area contributed by atoms with Crippen LogP contribution in [0.3, 0.4) is 0 Å². The summed E-state index contributed by atoms with van der Waals surface area (Å²) in [7, 11) is 0. The Kier molecular flexibility index (Phi) is 2.03. The number of pyridine rings is 1. The topological polar surface area (TPSA) is 88.2 Å². The number of aromatic carboxylic acids is 1. The van der Waals surface area contributed by atoms with Crippen LogP contribution < -0.4 is 11.1 Å². The Bertz CT molecular complexity index is 413. The number of hydrogen-bond donors (Lipinski definition) is 3. The minimum absolute atomic E-state index is 0.0101. The van der Waals surface area contributed by atoms with Crippen molar-refractivity contribution in [2.45, 2.75) is 25.3 Å². The van der Waals surface area contributed by atoms with E-state index in [4.69, 9.17) is 10.8 Å². The molecule has 0 bridgehead atoms. The molecule has 1 aromatic rings. The highest BCUT2D eigenvalue weighted by Gasteiger charge is 2.37. The maximum absolute atomic E-state index is 10.7. The van der Waals surface area contributed by atoms with Gasteiger partial charge in [-0.3, -0.25) is 0 Å². The maximum atomic E-state index is 10.7. The van der Waals surface area contributed by atoms with Crippen LogP contribution >= 0.6 is 0 Å². The maximum Gasteiger partial charge on any atom is 0.354 e. The number of carbonyl (C=O) groups is 1. The third kappa shape index (κ3) is 2.01. The van der Waals surface area contributed by atoms with Gasteiger partial charge in [-0.05, 0) is 31.9 Å². The van der Waals surface area contributed by atoms with Gasteiger partial charge in [0.15, 0.2) is 11.5 Å². The molecule has 1 aliphatic rings. The van der Waals surface area contributed by atoms with Crippen LogP contribution in [0.25, 0.3) is 0 Å². The van der Waals surface area contributed by atoms with E-state index in [1.54, 1.807) is 6.07 Å². The molecule has 0 amide bonds. The van der Waals surface area contributed by atoms with Gasteiger partial charge in [0, 0.05) is 5.54 Å². The molecule has 1 fully saturated rings. The van der Waals surface area contributed by atoms with Gasteiger partial charge in [-0.15, -0.1) is 0 Å². The van der Waals surface area contributed by atoms with Gasteiger partial charge in [-0.25, -0.2) is 9.78 Å². The lowest BCUT2D eigenvalue weighted by Gasteiger charge is -2.14. The zero-order valence-electron chi connectivity index (χ0n) is 8.45. The van der Waals surface area contributed by atoms with Crippen LogP contribution in [0.5, 0.6) is 0 Å². The quantitative estimate of drug-likeness (QED) is 0.695. The first-order valence-electron chi connectivity index (χ1n) is 4.78. The number of hydrogen-bond acceptors (Lipinski definition) is 4. The Morgan fingerprint density at radius 3 is 2.80 bits per heavy atom. The van der Waals surface area contributed by atoms with Gasteiger partial charge in [0.1, 0.15) is 0 Å². The van der Waals surface area contributed by atoms with E-state index in [-0.39, 0.29) is 11.2 Å². The SMILES string of the molecule is CC1(Nc2nc(C(=O)O)ccc2N)CC1. The lowest BCUT2D eigenvalue weighted by molar-refractivity contribution is 0.0690. The number of carboxylic acid groups (broad SMARTS) is 1. The smallest absolute Gasteiger partial charge is 0.354 e. The first-order chi connectivity index (χ1) is 7.00. The average molecular weight is 207 g/mol. The van der Waals surface area contributed by atoms with Crippen molar-refractivity contribution in [1.29, 1.82) is 0 Å². The first-order valence-corrected chi connectivity index (χ1v) is 4.78. The van der Waals surface area contributed by atoms with Crippen LogP contribution in [-0.2, 0) is 0 Å². The largest absolute Gasteiger partial charge is 0.477 e. The molecular formula is C10H13N3O2. The van der Waals surface area contributed by atoms with Crippen LogP contribution in [-0.4, -0.2) is 21.6 Å². The van der Waals surface area contributed by atoms with E-state index in [1.807, 2.05) is 0 Å². The monoisotopic (exact) mass is 207 g/mol. The van der Waals surface area contributed by atoms with Crippen LogP contribution in [0, 0.1) is 0 Å². The van der Waals surface area contributed by atoms with Crippen molar-refractivity contribution >= 4 is 17.5 Å². The van der Waals surface area contributed by atoms with E-state index in [0.29, 0.717) is 11.5 Å². The fourth-order valence-electron chi connectivity index (χ4n) is 1.29. The van der Waals surface area contributed by atoms with E-state index in [9.17, 15) is 4.79 Å². The van der Waals surface area contributed by atoms with Crippen molar-refractivity contribution in [2.75, 3.05) is 11.1 Å². The van der Waals surface area contributed by atoms with Crippen molar-refractivity contribution in [1.82, 2.24) is 4.98 Å². The van der Waals surface area contributed by atoms with Gasteiger partial charge in [0.25, 0.3) is 0 Å². The van der Waals surface area contributed by atoms with E-state index in [1.165, 1.54) is 6.07 Å². The lowest BCUT2D eigenvalue weighted by atomic mass is 10.2. The minimum Gasteiger partial charge on any atom is -0.477 e. The molecule has 0 radical (unpaired) electrons. The lowest BCUT2D eigenvalue weighted by Crippen LogP contribution is -2.19. The number of carboxylic acids is 1. The van der Waals surface area contributed by atoms with E-state index < -0.39 is 5.97 Å². The third-order valence-corrected chi connectivity index (χ3v) is 2.57. The van der Waals surface area contributed by atoms with Crippen molar-refractivity contribution in [2.24, 2.45) is 0 Å². The second-order valence-corrected chi connectivity index (χ2v) is 4.13. The highest BCUT2D eigenvalue weighted by atomic mass is 16.4. The molecule has 80 valence electrons. The van der Waals surface area contributed by atoms with Crippen molar-refractivity contribution in [3.8, 4) is 0 Å². The van der Waals surface area contributed by atoms with E-state index >= 15 is 0 Å². The average Bonchev–Trinajstić information content (AvgIpc) is 2.87. The second-order valence-electron chi connectivity index (χ2n) is 4.13. The van der Waals surface area contributed by atoms with Crippen molar-refractivity contribution < 1.29 is 9.90 Å². The number of aromatic nitrogens is 1. The highest BCUT2D eigenvalue weighted by Crippen LogP contribution is 2.38. The molecule has 1 saturated carbocycles. The minimum atomic E-state index is -1.04. The van der Waals surface area contributed by atoms with Gasteiger partial charge in [-0.2, -0.15) is 0 Å². The predicted octanol–water partition coefficient (Wildman–Crippen LogP) is 1.33. The molecule has 1 aliphatic carbocycles. The van der Waals surface area contributed by atoms with Crippen molar-refractivity contribution in [3.05, 3.63) is 17.8 Å². The first kappa shape index (κ1) is 9.76. The number of nitrogen functional groups attached to an aromatic ring is 1. The zero-order chi connectivity index (χ0) is 11.1. The Balaban J connectivity index is 2.28. The molecule has 0 unspecified atom stereocenters. The number of nitrogens with two attached hydrogens (primary N) is 1. The zero-order valence-corrected chi connectivity index (χ0v) is 8.45. The summed E-state index contributed by atoms with van der Waals surface area (Å²) in [5.74, 6) is -0.575. The van der Waals surface area contributed by atoms with Gasteiger partial charge in [0.2, 0.25) is 0 Å². The van der Waals surface area contributed by atoms with Crippen LogP contribution in [0.2, 0.25) is 0 Å².